The molecule has 1 N–H and O–H groups in total. The number of nitrogens with zero attached hydrogens (tertiary/aromatic N) is 5. The van der Waals surface area contributed by atoms with E-state index in [1.807, 2.05) is 17.9 Å². The van der Waals surface area contributed by atoms with E-state index in [1.165, 1.54) is 24.3 Å². The fourth-order valence-corrected chi connectivity index (χ4v) is 6.44. The maximum absolute atomic E-state index is 13.9. The van der Waals surface area contributed by atoms with E-state index in [9.17, 15) is 18.4 Å². The van der Waals surface area contributed by atoms with Crippen LogP contribution in [0.15, 0.2) is 42.5 Å². The van der Waals surface area contributed by atoms with Crippen LogP contribution in [0.5, 0.6) is 0 Å². The summed E-state index contributed by atoms with van der Waals surface area (Å²) < 4.78 is 27.4. The van der Waals surface area contributed by atoms with Crippen LogP contribution in [-0.2, 0) is 23.2 Å². The zero-order valence-electron chi connectivity index (χ0n) is 24.5. The summed E-state index contributed by atoms with van der Waals surface area (Å²) in [6.45, 7) is 10.9. The number of carbonyl (C=O) groups excluding carboxylic acids is 2. The van der Waals surface area contributed by atoms with Crippen molar-refractivity contribution in [2.45, 2.75) is 58.2 Å². The van der Waals surface area contributed by atoms with Crippen molar-refractivity contribution in [3.05, 3.63) is 87.7 Å². The van der Waals surface area contributed by atoms with Crippen molar-refractivity contribution in [2.24, 2.45) is 0 Å². The Morgan fingerprint density at radius 2 is 1.86 bits per heavy atom. The number of rotatable bonds is 6. The molecule has 3 aliphatic rings. The van der Waals surface area contributed by atoms with Gasteiger partial charge in [0.05, 0.1) is 23.6 Å². The zero-order valence-corrected chi connectivity index (χ0v) is 24.5. The molecule has 4 heterocycles. The van der Waals surface area contributed by atoms with Crippen molar-refractivity contribution in [3.8, 4) is 0 Å². The molecule has 220 valence electrons. The van der Waals surface area contributed by atoms with Crippen LogP contribution >= 0.6 is 0 Å². The molecule has 1 saturated heterocycles. The molecule has 6 rings (SSSR count). The molecule has 42 heavy (non-hydrogen) atoms. The summed E-state index contributed by atoms with van der Waals surface area (Å²) in [5.41, 5.74) is 4.95. The van der Waals surface area contributed by atoms with Gasteiger partial charge in [-0.15, -0.1) is 0 Å². The molecule has 0 saturated carbocycles. The summed E-state index contributed by atoms with van der Waals surface area (Å²) >= 11 is 0. The lowest BCUT2D eigenvalue weighted by Crippen LogP contribution is -2.60. The highest BCUT2D eigenvalue weighted by Gasteiger charge is 2.42. The van der Waals surface area contributed by atoms with Crippen molar-refractivity contribution in [1.29, 1.82) is 0 Å². The summed E-state index contributed by atoms with van der Waals surface area (Å²) in [6, 6.07) is 11.1. The van der Waals surface area contributed by atoms with E-state index in [0.717, 1.165) is 28.2 Å². The minimum absolute atomic E-state index is 0.0315. The van der Waals surface area contributed by atoms with Crippen LogP contribution in [0.1, 0.15) is 59.2 Å². The van der Waals surface area contributed by atoms with Crippen LogP contribution in [0.4, 0.5) is 14.5 Å². The molecule has 2 atom stereocenters. The van der Waals surface area contributed by atoms with Gasteiger partial charge in [0.2, 0.25) is 5.91 Å². The summed E-state index contributed by atoms with van der Waals surface area (Å²) in [5, 5.41) is 12.5. The Kier molecular flexibility index (Phi) is 7.31. The molecule has 0 aliphatic carbocycles. The summed E-state index contributed by atoms with van der Waals surface area (Å²) in [6.07, 6.45) is 0.488. The van der Waals surface area contributed by atoms with Crippen molar-refractivity contribution >= 4 is 17.5 Å². The summed E-state index contributed by atoms with van der Waals surface area (Å²) in [7, 11) is 0. The maximum atomic E-state index is 13.9. The number of aryl methyl sites for hydroxylation is 1. The Labute approximate surface area is 244 Å². The normalized spacial score (nSPS) is 21.5. The molecule has 3 aromatic rings. The van der Waals surface area contributed by atoms with Crippen LogP contribution in [0.2, 0.25) is 0 Å². The van der Waals surface area contributed by atoms with E-state index in [1.54, 1.807) is 17.0 Å². The van der Waals surface area contributed by atoms with Crippen LogP contribution in [0, 0.1) is 18.6 Å². The number of nitrogens with one attached hydrogen (secondary N) is 1. The van der Waals surface area contributed by atoms with Crippen LogP contribution in [0.3, 0.4) is 0 Å². The van der Waals surface area contributed by atoms with Crippen molar-refractivity contribution in [2.75, 3.05) is 37.6 Å². The molecule has 0 spiro atoms. The minimum atomic E-state index is -0.360. The monoisotopic (exact) mass is 574 g/mol. The Morgan fingerprint density at radius 3 is 2.64 bits per heavy atom. The average Bonchev–Trinajstić information content (AvgIpc) is 3.38. The molecular weight excluding hydrogens is 538 g/mol. The number of anilines is 1. The summed E-state index contributed by atoms with van der Waals surface area (Å²) in [4.78, 5) is 32.7. The number of amides is 2. The third-order valence-electron chi connectivity index (χ3n) is 8.73. The highest BCUT2D eigenvalue weighted by atomic mass is 19.1. The van der Waals surface area contributed by atoms with Crippen molar-refractivity contribution in [3.63, 3.8) is 0 Å². The third kappa shape index (κ3) is 5.41. The number of benzene rings is 2. The second-order valence-electron chi connectivity index (χ2n) is 12.6. The zero-order chi connectivity index (χ0) is 29.8. The molecule has 1 aromatic heterocycles. The first kappa shape index (κ1) is 28.4. The van der Waals surface area contributed by atoms with Crippen LogP contribution in [-0.4, -0.2) is 76.6 Å². The fraction of sp³-hybridized carbons (Fsp3) is 0.438. The van der Waals surface area contributed by atoms with E-state index < -0.39 is 0 Å². The number of carbonyl (C=O) groups is 2. The van der Waals surface area contributed by atoms with Crippen molar-refractivity contribution in [1.82, 2.24) is 25.3 Å². The number of hydrogen-bond donors (Lipinski definition) is 1. The number of fused-ring (bicyclic) bond motifs is 2. The molecule has 0 radical (unpaired) electrons. The molecule has 0 bridgehead atoms. The lowest BCUT2D eigenvalue weighted by atomic mass is 9.91. The summed E-state index contributed by atoms with van der Waals surface area (Å²) in [5.74, 6) is -0.760. The van der Waals surface area contributed by atoms with Crippen molar-refractivity contribution < 1.29 is 18.4 Å². The Bertz CT molecular complexity index is 1560. The Hall–Kier alpha value is -3.76. The van der Waals surface area contributed by atoms with Gasteiger partial charge in [-0.3, -0.25) is 14.5 Å². The second kappa shape index (κ2) is 10.8. The second-order valence-corrected chi connectivity index (χ2v) is 12.6. The van der Waals surface area contributed by atoms with E-state index in [2.05, 4.69) is 41.2 Å². The van der Waals surface area contributed by atoms with Gasteiger partial charge in [-0.25, -0.2) is 8.78 Å². The lowest BCUT2D eigenvalue weighted by Gasteiger charge is -2.41. The first-order chi connectivity index (χ1) is 20.0. The molecule has 8 nitrogen and oxygen atoms in total. The maximum Gasteiger partial charge on any atom is 0.254 e. The average molecular weight is 575 g/mol. The number of piperazine rings is 1. The van der Waals surface area contributed by atoms with Gasteiger partial charge in [0.1, 0.15) is 11.6 Å². The molecule has 3 aliphatic heterocycles. The quantitative estimate of drug-likeness (QED) is 0.485. The number of halogens is 2. The minimum Gasteiger partial charge on any atom is -0.333 e. The SMILES string of the molecule is Cc1cc(F)ccc1Cc1cc2c(nn1)C(C)(C)CN2C(=O)CN1C[C@@H](C)NC[C@@H]1CN1Cc2cc(F)ccc2C1=O. The lowest BCUT2D eigenvalue weighted by molar-refractivity contribution is -0.120. The van der Waals surface area contributed by atoms with E-state index >= 15 is 0 Å². The van der Waals surface area contributed by atoms with E-state index in [4.69, 9.17) is 0 Å². The largest absolute Gasteiger partial charge is 0.333 e. The van der Waals surface area contributed by atoms with Gasteiger partial charge in [-0.1, -0.05) is 19.9 Å². The fourth-order valence-electron chi connectivity index (χ4n) is 6.44. The molecule has 2 aromatic carbocycles. The standard InChI is InChI=1S/C32H36F2N6O2/c1-19-9-23(33)6-5-21(19)11-25-12-28-30(37-36-25)32(3,4)18-40(28)29(41)17-38-14-20(2)35-13-26(38)16-39-15-22-10-24(34)7-8-27(22)31(39)42/h5-10,12,20,26,35H,11,13-18H2,1-4H3/t20-,26-/m1/s1. The van der Waals surface area contributed by atoms with Gasteiger partial charge in [-0.05, 0) is 66.9 Å². The van der Waals surface area contributed by atoms with Gasteiger partial charge >= 0.3 is 0 Å². The van der Waals surface area contributed by atoms with Gasteiger partial charge in [-0.2, -0.15) is 10.2 Å². The molecule has 0 unspecified atom stereocenters. The van der Waals surface area contributed by atoms with Crippen LogP contribution in [0.25, 0.3) is 0 Å². The van der Waals surface area contributed by atoms with Gasteiger partial charge < -0.3 is 15.1 Å². The highest BCUT2D eigenvalue weighted by molar-refractivity contribution is 5.98. The molecule has 2 amide bonds. The van der Waals surface area contributed by atoms with Crippen LogP contribution < -0.4 is 10.2 Å². The highest BCUT2D eigenvalue weighted by Crippen LogP contribution is 2.39. The predicted octanol–water partition coefficient (Wildman–Crippen LogP) is 3.60. The first-order valence-electron chi connectivity index (χ1n) is 14.5. The number of aromatic nitrogens is 2. The molecular formula is C32H36F2N6O2. The van der Waals surface area contributed by atoms with Gasteiger partial charge in [0, 0.05) is 62.2 Å². The predicted molar refractivity (Wildman–Crippen MR) is 155 cm³/mol. The first-order valence-corrected chi connectivity index (χ1v) is 14.5. The van der Waals surface area contributed by atoms with Gasteiger partial charge in [0.15, 0.2) is 0 Å². The Morgan fingerprint density at radius 1 is 1.10 bits per heavy atom. The van der Waals surface area contributed by atoms with E-state index in [-0.39, 0.29) is 47.5 Å². The third-order valence-corrected chi connectivity index (χ3v) is 8.73. The van der Waals surface area contributed by atoms with Gasteiger partial charge in [0.25, 0.3) is 5.91 Å². The van der Waals surface area contributed by atoms with E-state index in [0.29, 0.717) is 50.3 Å². The molecule has 1 fully saturated rings. The number of hydrogen-bond acceptors (Lipinski definition) is 6. The smallest absolute Gasteiger partial charge is 0.254 e. The Balaban J connectivity index is 1.20. The molecule has 10 heteroatoms. The topological polar surface area (TPSA) is 81.7 Å².